The predicted octanol–water partition coefficient (Wildman–Crippen LogP) is 3.66. The minimum Gasteiger partial charge on any atom is -0.493 e. The van der Waals surface area contributed by atoms with E-state index in [2.05, 4.69) is 20.9 Å². The molecule has 1 aliphatic rings. The molecule has 0 unspecified atom stereocenters. The molecule has 1 aliphatic heterocycles. The number of hydrogen-bond acceptors (Lipinski definition) is 8. The number of methoxy groups -OCH3 is 2. The molecule has 0 bridgehead atoms. The number of rotatable bonds is 7. The maximum atomic E-state index is 13.2. The van der Waals surface area contributed by atoms with Crippen molar-refractivity contribution in [2.24, 2.45) is 0 Å². The number of carbonyl (C=O) groups is 1. The highest BCUT2D eigenvalue weighted by Crippen LogP contribution is 2.34. The van der Waals surface area contributed by atoms with Crippen LogP contribution in [0.25, 0.3) is 0 Å². The largest absolute Gasteiger partial charge is 0.493 e. The van der Waals surface area contributed by atoms with E-state index < -0.39 is 0 Å². The van der Waals surface area contributed by atoms with Gasteiger partial charge in [0.2, 0.25) is 5.95 Å². The third-order valence-electron chi connectivity index (χ3n) is 5.76. The molecule has 2 aromatic carbocycles. The number of benzene rings is 2. The van der Waals surface area contributed by atoms with E-state index >= 15 is 0 Å². The van der Waals surface area contributed by atoms with E-state index in [-0.39, 0.29) is 11.7 Å². The van der Waals surface area contributed by atoms with Gasteiger partial charge in [-0.2, -0.15) is 4.98 Å². The first-order chi connectivity index (χ1) is 16.4. The summed E-state index contributed by atoms with van der Waals surface area (Å²) in [6.45, 7) is 1.51. The van der Waals surface area contributed by atoms with Gasteiger partial charge in [0.15, 0.2) is 17.3 Å². The first-order valence-electron chi connectivity index (χ1n) is 10.7. The van der Waals surface area contributed by atoms with E-state index in [1.807, 2.05) is 18.3 Å². The molecule has 4 rings (SSSR count). The Balaban J connectivity index is 1.59. The molecule has 9 heteroatoms. The number of nitrogen functional groups attached to an aromatic ring is 2. The van der Waals surface area contributed by atoms with Crippen molar-refractivity contribution >= 4 is 29.2 Å². The number of nitrogens with two attached hydrogens (primary N) is 2. The van der Waals surface area contributed by atoms with Gasteiger partial charge in [0, 0.05) is 48.6 Å². The van der Waals surface area contributed by atoms with E-state index in [0.717, 1.165) is 18.5 Å². The highest BCUT2D eigenvalue weighted by Gasteiger charge is 2.19. The molecule has 0 fully saturated rings. The van der Waals surface area contributed by atoms with E-state index in [1.54, 1.807) is 24.4 Å². The number of anilines is 2. The fraction of sp³-hybridized carbons (Fsp3) is 0.240. The number of ether oxygens (including phenoxy) is 2. The van der Waals surface area contributed by atoms with Crippen molar-refractivity contribution < 1.29 is 14.3 Å². The summed E-state index contributed by atoms with van der Waals surface area (Å²) in [6.07, 6.45) is 6.24. The van der Waals surface area contributed by atoms with Gasteiger partial charge < -0.3 is 25.8 Å². The number of allylic oxidation sites excluding steroid dienone is 1. The van der Waals surface area contributed by atoms with Crippen molar-refractivity contribution in [3.63, 3.8) is 0 Å². The molecule has 34 heavy (non-hydrogen) atoms. The fourth-order valence-electron chi connectivity index (χ4n) is 4.03. The quantitative estimate of drug-likeness (QED) is 0.389. The third-order valence-corrected chi connectivity index (χ3v) is 6.00. The van der Waals surface area contributed by atoms with Crippen LogP contribution in [0.5, 0.6) is 11.5 Å². The average molecular weight is 480 g/mol. The molecule has 176 valence electrons. The second-order valence-corrected chi connectivity index (χ2v) is 8.44. The lowest BCUT2D eigenvalue weighted by Crippen LogP contribution is -2.26. The zero-order valence-electron chi connectivity index (χ0n) is 19.0. The maximum absolute atomic E-state index is 13.2. The van der Waals surface area contributed by atoms with Crippen LogP contribution in [0, 0.1) is 0 Å². The lowest BCUT2D eigenvalue weighted by Gasteiger charge is -2.27. The van der Waals surface area contributed by atoms with Gasteiger partial charge in [-0.25, -0.2) is 4.98 Å². The monoisotopic (exact) mass is 479 g/mol. The molecule has 4 N–H and O–H groups in total. The molecule has 0 spiro atoms. The van der Waals surface area contributed by atoms with Gasteiger partial charge in [-0.15, -0.1) is 0 Å². The molecule has 1 aromatic heterocycles. The van der Waals surface area contributed by atoms with Crippen LogP contribution in [0.4, 0.5) is 11.8 Å². The number of ketones is 1. The molecule has 2 heterocycles. The summed E-state index contributed by atoms with van der Waals surface area (Å²) in [5, 5.41) is 0.710. The summed E-state index contributed by atoms with van der Waals surface area (Å²) in [7, 11) is 3.04. The van der Waals surface area contributed by atoms with Crippen molar-refractivity contribution in [2.75, 3.05) is 32.2 Å². The SMILES string of the molecule is COc1cc(Cc2cnc(N)nc2N)cc(C(=O)/C=C/N2CCc3ccc(Cl)cc3C2)c1OC. The van der Waals surface area contributed by atoms with Crippen LogP contribution in [-0.2, 0) is 19.4 Å². The first-order valence-corrected chi connectivity index (χ1v) is 11.1. The molecule has 0 saturated heterocycles. The average Bonchev–Trinajstić information content (AvgIpc) is 2.83. The third kappa shape index (κ3) is 5.07. The summed E-state index contributed by atoms with van der Waals surface area (Å²) in [5.74, 6) is 1.03. The Morgan fingerprint density at radius 3 is 2.74 bits per heavy atom. The number of carbonyl (C=O) groups excluding carboxylic acids is 1. The summed E-state index contributed by atoms with van der Waals surface area (Å²) in [4.78, 5) is 23.3. The van der Waals surface area contributed by atoms with E-state index in [9.17, 15) is 4.79 Å². The smallest absolute Gasteiger partial charge is 0.221 e. The highest BCUT2D eigenvalue weighted by atomic mass is 35.5. The lowest BCUT2D eigenvalue weighted by atomic mass is 9.99. The predicted molar refractivity (Wildman–Crippen MR) is 132 cm³/mol. The molecule has 0 atom stereocenters. The van der Waals surface area contributed by atoms with E-state index in [1.165, 1.54) is 25.3 Å². The van der Waals surface area contributed by atoms with Gasteiger partial charge in [-0.1, -0.05) is 17.7 Å². The molecule has 0 saturated carbocycles. The standard InChI is InChI=1S/C25H26ClN5O3/c1-33-22-11-15(9-17-13-29-25(28)30-24(17)27)10-20(23(22)34-2)21(32)6-8-31-7-5-16-3-4-19(26)12-18(16)14-31/h3-4,6,8,10-13H,5,7,9,14H2,1-2H3,(H4,27,28,29,30)/b8-6+. The Hall–Kier alpha value is -3.78. The Kier molecular flexibility index (Phi) is 6.88. The molecule has 3 aromatic rings. The zero-order valence-corrected chi connectivity index (χ0v) is 19.8. The first kappa shape index (κ1) is 23.4. The van der Waals surface area contributed by atoms with Crippen LogP contribution >= 0.6 is 11.6 Å². The second kappa shape index (κ2) is 10.0. The van der Waals surface area contributed by atoms with Crippen molar-refractivity contribution in [3.8, 4) is 11.5 Å². The van der Waals surface area contributed by atoms with E-state index in [0.29, 0.717) is 46.4 Å². The van der Waals surface area contributed by atoms with Crippen molar-refractivity contribution in [3.05, 3.63) is 81.6 Å². The van der Waals surface area contributed by atoms with Gasteiger partial charge >= 0.3 is 0 Å². The minimum atomic E-state index is -0.199. The molecule has 0 amide bonds. The van der Waals surface area contributed by atoms with Crippen molar-refractivity contribution in [2.45, 2.75) is 19.4 Å². The minimum absolute atomic E-state index is 0.108. The summed E-state index contributed by atoms with van der Waals surface area (Å²) in [6, 6.07) is 9.52. The normalized spacial score (nSPS) is 13.1. The summed E-state index contributed by atoms with van der Waals surface area (Å²) >= 11 is 6.15. The maximum Gasteiger partial charge on any atom is 0.221 e. The van der Waals surface area contributed by atoms with Crippen LogP contribution in [-0.4, -0.2) is 41.4 Å². The van der Waals surface area contributed by atoms with Crippen LogP contribution in [0.1, 0.15) is 32.6 Å². The Labute approximate surface area is 203 Å². The Bertz CT molecular complexity index is 1260. The van der Waals surface area contributed by atoms with Crippen molar-refractivity contribution in [1.82, 2.24) is 14.9 Å². The number of aromatic nitrogens is 2. The summed E-state index contributed by atoms with van der Waals surface area (Å²) < 4.78 is 11.0. The van der Waals surface area contributed by atoms with E-state index in [4.69, 9.17) is 32.5 Å². The van der Waals surface area contributed by atoms with Crippen molar-refractivity contribution in [1.29, 1.82) is 0 Å². The molecule has 8 nitrogen and oxygen atoms in total. The fourth-order valence-corrected chi connectivity index (χ4v) is 4.23. The zero-order chi connectivity index (χ0) is 24.2. The van der Waals surface area contributed by atoms with Crippen LogP contribution < -0.4 is 20.9 Å². The Morgan fingerprint density at radius 2 is 2.00 bits per heavy atom. The number of fused-ring (bicyclic) bond motifs is 1. The van der Waals surface area contributed by atoms with Gasteiger partial charge in [-0.3, -0.25) is 4.79 Å². The molecule has 0 aliphatic carbocycles. The number of halogens is 1. The Morgan fingerprint density at radius 1 is 1.18 bits per heavy atom. The topological polar surface area (TPSA) is 117 Å². The lowest BCUT2D eigenvalue weighted by molar-refractivity contribution is 0.104. The second-order valence-electron chi connectivity index (χ2n) is 8.01. The summed E-state index contributed by atoms with van der Waals surface area (Å²) in [5.41, 5.74) is 15.9. The van der Waals surface area contributed by atoms with Crippen LogP contribution in [0.2, 0.25) is 5.02 Å². The number of nitrogens with zero attached hydrogens (tertiary/aromatic N) is 3. The van der Waals surface area contributed by atoms with Gasteiger partial charge in [0.1, 0.15) is 5.82 Å². The van der Waals surface area contributed by atoms with Crippen LogP contribution in [0.3, 0.4) is 0 Å². The van der Waals surface area contributed by atoms with Gasteiger partial charge in [-0.05, 0) is 47.4 Å². The van der Waals surface area contributed by atoms with Crippen LogP contribution in [0.15, 0.2) is 48.8 Å². The van der Waals surface area contributed by atoms with Gasteiger partial charge in [0.05, 0.1) is 19.8 Å². The highest BCUT2D eigenvalue weighted by molar-refractivity contribution is 6.30. The molecular weight excluding hydrogens is 454 g/mol. The molecular formula is C25H26ClN5O3. The molecule has 0 radical (unpaired) electrons. The van der Waals surface area contributed by atoms with Gasteiger partial charge in [0.25, 0.3) is 0 Å². The number of hydrogen-bond donors (Lipinski definition) is 2.